The standard InChI is InChI=1S/C13H20BrN3O3S/c1-16(2)7-9-5-10(18)8-17(9)21(19,20)11-3-4-12(14)13(15)6-11/h3-4,6,9-10,18H,5,7-8,15H2,1-2H3. The van der Waals surface area contributed by atoms with E-state index in [1.807, 2.05) is 19.0 Å². The predicted octanol–water partition coefficient (Wildman–Crippen LogP) is 0.717. The number of hydrogen-bond acceptors (Lipinski definition) is 5. The lowest BCUT2D eigenvalue weighted by Gasteiger charge is -2.26. The van der Waals surface area contributed by atoms with E-state index in [4.69, 9.17) is 5.73 Å². The number of aliphatic hydroxyl groups is 1. The quantitative estimate of drug-likeness (QED) is 0.754. The van der Waals surface area contributed by atoms with Gasteiger partial charge in [-0.1, -0.05) is 0 Å². The van der Waals surface area contributed by atoms with Gasteiger partial charge in [-0.05, 0) is 54.6 Å². The van der Waals surface area contributed by atoms with E-state index in [2.05, 4.69) is 15.9 Å². The molecule has 8 heteroatoms. The maximum Gasteiger partial charge on any atom is 0.243 e. The first kappa shape index (κ1) is 16.7. The van der Waals surface area contributed by atoms with E-state index in [0.29, 0.717) is 23.1 Å². The summed E-state index contributed by atoms with van der Waals surface area (Å²) < 4.78 is 27.6. The molecular formula is C13H20BrN3O3S. The second kappa shape index (κ2) is 6.21. The number of hydrogen-bond donors (Lipinski definition) is 2. The van der Waals surface area contributed by atoms with Crippen molar-refractivity contribution in [3.63, 3.8) is 0 Å². The van der Waals surface area contributed by atoms with Gasteiger partial charge in [0.1, 0.15) is 0 Å². The third-order valence-electron chi connectivity index (χ3n) is 3.49. The summed E-state index contributed by atoms with van der Waals surface area (Å²) in [6.07, 6.45) is -0.179. The third kappa shape index (κ3) is 3.57. The Morgan fingerprint density at radius 3 is 2.71 bits per heavy atom. The molecule has 1 aliphatic rings. The third-order valence-corrected chi connectivity index (χ3v) is 6.13. The van der Waals surface area contributed by atoms with Crippen molar-refractivity contribution in [1.29, 1.82) is 0 Å². The van der Waals surface area contributed by atoms with Gasteiger partial charge in [-0.2, -0.15) is 4.31 Å². The molecule has 1 fully saturated rings. The van der Waals surface area contributed by atoms with E-state index in [1.165, 1.54) is 16.4 Å². The van der Waals surface area contributed by atoms with Crippen LogP contribution in [0.5, 0.6) is 0 Å². The number of halogens is 1. The number of nitrogen functional groups attached to an aromatic ring is 1. The Labute approximate surface area is 133 Å². The van der Waals surface area contributed by atoms with E-state index in [1.54, 1.807) is 6.07 Å². The Hall–Kier alpha value is -0.670. The number of nitrogens with two attached hydrogens (primary N) is 1. The number of nitrogens with zero attached hydrogens (tertiary/aromatic N) is 2. The van der Waals surface area contributed by atoms with Crippen LogP contribution < -0.4 is 5.73 Å². The van der Waals surface area contributed by atoms with Crippen molar-refractivity contribution in [3.8, 4) is 0 Å². The summed E-state index contributed by atoms with van der Waals surface area (Å²) >= 11 is 3.25. The molecule has 0 saturated carbocycles. The Bertz CT molecular complexity index is 621. The number of sulfonamides is 1. The fourth-order valence-electron chi connectivity index (χ4n) is 2.56. The molecule has 0 amide bonds. The van der Waals surface area contributed by atoms with Gasteiger partial charge >= 0.3 is 0 Å². The van der Waals surface area contributed by atoms with Gasteiger partial charge in [0.25, 0.3) is 0 Å². The molecule has 6 nitrogen and oxygen atoms in total. The summed E-state index contributed by atoms with van der Waals surface area (Å²) in [4.78, 5) is 2.07. The highest BCUT2D eigenvalue weighted by molar-refractivity contribution is 9.10. The van der Waals surface area contributed by atoms with E-state index < -0.39 is 16.1 Å². The lowest BCUT2D eigenvalue weighted by Crippen LogP contribution is -2.41. The van der Waals surface area contributed by atoms with Gasteiger partial charge in [0, 0.05) is 29.3 Å². The molecule has 1 aliphatic heterocycles. The fraction of sp³-hybridized carbons (Fsp3) is 0.538. The summed E-state index contributed by atoms with van der Waals surface area (Å²) in [5, 5.41) is 9.84. The van der Waals surface area contributed by atoms with Gasteiger partial charge < -0.3 is 15.7 Å². The van der Waals surface area contributed by atoms with Gasteiger partial charge in [-0.15, -0.1) is 0 Å². The van der Waals surface area contributed by atoms with Crippen LogP contribution in [0.25, 0.3) is 0 Å². The molecule has 3 N–H and O–H groups in total. The molecule has 0 radical (unpaired) electrons. The molecule has 0 spiro atoms. The number of rotatable bonds is 4. The van der Waals surface area contributed by atoms with Gasteiger partial charge in [-0.3, -0.25) is 0 Å². The Morgan fingerprint density at radius 1 is 1.48 bits per heavy atom. The molecule has 1 aromatic rings. The van der Waals surface area contributed by atoms with Gasteiger partial charge in [-0.25, -0.2) is 8.42 Å². The zero-order valence-electron chi connectivity index (χ0n) is 12.0. The Morgan fingerprint density at radius 2 is 2.14 bits per heavy atom. The van der Waals surface area contributed by atoms with Crippen LogP contribution in [0.4, 0.5) is 5.69 Å². The smallest absolute Gasteiger partial charge is 0.243 e. The maximum atomic E-state index is 12.8. The molecule has 2 rings (SSSR count). The van der Waals surface area contributed by atoms with Crippen molar-refractivity contribution in [2.24, 2.45) is 0 Å². The zero-order chi connectivity index (χ0) is 15.8. The van der Waals surface area contributed by atoms with Crippen molar-refractivity contribution in [3.05, 3.63) is 22.7 Å². The van der Waals surface area contributed by atoms with Crippen LogP contribution in [0.15, 0.2) is 27.6 Å². The minimum absolute atomic E-state index is 0.122. The highest BCUT2D eigenvalue weighted by atomic mass is 79.9. The second-order valence-electron chi connectivity index (χ2n) is 5.56. The fourth-order valence-corrected chi connectivity index (χ4v) is 4.51. The predicted molar refractivity (Wildman–Crippen MR) is 85.4 cm³/mol. The molecule has 0 aliphatic carbocycles. The minimum Gasteiger partial charge on any atom is -0.398 e. The van der Waals surface area contributed by atoms with Crippen molar-refractivity contribution in [2.75, 3.05) is 32.9 Å². The molecule has 1 saturated heterocycles. The Balaban J connectivity index is 2.34. The average molecular weight is 378 g/mol. The monoisotopic (exact) mass is 377 g/mol. The normalized spacial score (nSPS) is 23.9. The Kier molecular flexibility index (Phi) is 4.94. The van der Waals surface area contributed by atoms with Gasteiger partial charge in [0.05, 0.1) is 11.0 Å². The van der Waals surface area contributed by atoms with Gasteiger partial charge in [0.2, 0.25) is 10.0 Å². The van der Waals surface area contributed by atoms with Crippen LogP contribution in [0.3, 0.4) is 0 Å². The van der Waals surface area contributed by atoms with Crippen LogP contribution in [-0.2, 0) is 10.0 Å². The summed E-state index contributed by atoms with van der Waals surface area (Å²) in [5.74, 6) is 0. The number of likely N-dealkylation sites (N-methyl/N-ethyl adjacent to an activating group) is 1. The first-order valence-corrected chi connectivity index (χ1v) is 8.85. The number of benzene rings is 1. The van der Waals surface area contributed by atoms with E-state index in [0.717, 1.165) is 0 Å². The molecule has 118 valence electrons. The number of aliphatic hydroxyl groups excluding tert-OH is 1. The molecule has 2 unspecified atom stereocenters. The lowest BCUT2D eigenvalue weighted by atomic mass is 10.2. The van der Waals surface area contributed by atoms with Crippen LogP contribution in [0.1, 0.15) is 6.42 Å². The maximum absolute atomic E-state index is 12.8. The molecule has 0 aromatic heterocycles. The first-order valence-electron chi connectivity index (χ1n) is 6.61. The van der Waals surface area contributed by atoms with Crippen molar-refractivity contribution < 1.29 is 13.5 Å². The molecule has 1 aromatic carbocycles. The highest BCUT2D eigenvalue weighted by Crippen LogP contribution is 2.29. The van der Waals surface area contributed by atoms with E-state index >= 15 is 0 Å². The molecular weight excluding hydrogens is 358 g/mol. The molecule has 21 heavy (non-hydrogen) atoms. The summed E-state index contributed by atoms with van der Waals surface area (Å²) in [6.45, 7) is 0.694. The van der Waals surface area contributed by atoms with Gasteiger partial charge in [0.15, 0.2) is 0 Å². The zero-order valence-corrected chi connectivity index (χ0v) is 14.4. The van der Waals surface area contributed by atoms with Crippen LogP contribution >= 0.6 is 15.9 Å². The lowest BCUT2D eigenvalue weighted by molar-refractivity contribution is 0.188. The van der Waals surface area contributed by atoms with Crippen LogP contribution in [0.2, 0.25) is 0 Å². The summed E-state index contributed by atoms with van der Waals surface area (Å²) in [5.41, 5.74) is 6.15. The average Bonchev–Trinajstić information content (AvgIpc) is 2.73. The largest absolute Gasteiger partial charge is 0.398 e. The molecule has 0 bridgehead atoms. The summed E-state index contributed by atoms with van der Waals surface area (Å²) in [7, 11) is 0.104. The van der Waals surface area contributed by atoms with Crippen LogP contribution in [-0.4, -0.2) is 62.1 Å². The second-order valence-corrected chi connectivity index (χ2v) is 8.31. The highest BCUT2D eigenvalue weighted by Gasteiger charge is 2.39. The van der Waals surface area contributed by atoms with Crippen molar-refractivity contribution >= 4 is 31.6 Å². The van der Waals surface area contributed by atoms with E-state index in [9.17, 15) is 13.5 Å². The number of anilines is 1. The van der Waals surface area contributed by atoms with Crippen LogP contribution in [0, 0.1) is 0 Å². The minimum atomic E-state index is -3.66. The van der Waals surface area contributed by atoms with Crippen molar-refractivity contribution in [2.45, 2.75) is 23.5 Å². The first-order chi connectivity index (χ1) is 9.71. The molecule has 2 atom stereocenters. The summed E-state index contributed by atoms with van der Waals surface area (Å²) in [6, 6.07) is 4.35. The molecule has 1 heterocycles. The van der Waals surface area contributed by atoms with E-state index in [-0.39, 0.29) is 17.5 Å². The van der Waals surface area contributed by atoms with Crippen molar-refractivity contribution in [1.82, 2.24) is 9.21 Å². The topological polar surface area (TPSA) is 86.9 Å². The SMILES string of the molecule is CN(C)CC1CC(O)CN1S(=O)(=O)c1ccc(Br)c(N)c1. The number of β-amino-alcohol motifs (C(OH)–C–C–N with tert-alkyl or cyclic N) is 1.